The highest BCUT2D eigenvalue weighted by molar-refractivity contribution is 7.89. The fraction of sp³-hybridized carbons (Fsp3) is 0.391. The minimum Gasteiger partial charge on any atom is -0.477 e. The number of carbonyl (C=O) groups excluding carboxylic acids is 1. The summed E-state index contributed by atoms with van der Waals surface area (Å²) in [5, 5.41) is 0. The molecule has 34 heavy (non-hydrogen) atoms. The summed E-state index contributed by atoms with van der Waals surface area (Å²) in [6.07, 6.45) is -0.764. The van der Waals surface area contributed by atoms with Crippen molar-refractivity contribution in [1.82, 2.24) is 13.9 Å². The van der Waals surface area contributed by atoms with Crippen LogP contribution in [-0.4, -0.2) is 67.1 Å². The molecule has 0 spiro atoms. The second-order valence-electron chi connectivity index (χ2n) is 8.30. The maximum absolute atomic E-state index is 13.1. The highest BCUT2D eigenvalue weighted by Gasteiger charge is 2.31. The molecule has 1 fully saturated rings. The third-order valence-electron chi connectivity index (χ3n) is 6.23. The Morgan fingerprint density at radius 1 is 1.18 bits per heavy atom. The normalized spacial score (nSPS) is 19.1. The largest absolute Gasteiger partial charge is 0.477 e. The summed E-state index contributed by atoms with van der Waals surface area (Å²) in [5.41, 5.74) is 7.85. The van der Waals surface area contributed by atoms with Crippen LogP contribution in [0.5, 0.6) is 5.75 Å². The molecule has 0 bridgehead atoms. The van der Waals surface area contributed by atoms with Crippen LogP contribution < -0.4 is 15.4 Å². The first-order chi connectivity index (χ1) is 16.4. The Hall–Kier alpha value is -3.15. The van der Waals surface area contributed by atoms with Crippen LogP contribution in [0.15, 0.2) is 47.4 Å². The first-order valence-corrected chi connectivity index (χ1v) is 12.7. The number of nitrogens with zero attached hydrogens (tertiary/aromatic N) is 4. The standard InChI is InChI=1S/C23H27N5O5S/c1-2-28-18-8-7-16(34(30,31)27-9-11-32-12-10-27)13-17(18)25-22(28)15-26-14-21(23(24)29)33-20-6-4-3-5-19(20)26/h3-8,13,21H,2,9-12,14-15H2,1H3,(H2,24,29)/t21-/m0/s1. The number of rotatable bonds is 6. The zero-order valence-corrected chi connectivity index (χ0v) is 19.7. The minimum absolute atomic E-state index is 0.222. The number of para-hydroxylation sites is 2. The van der Waals surface area contributed by atoms with Crippen molar-refractivity contribution in [3.8, 4) is 5.75 Å². The maximum Gasteiger partial charge on any atom is 0.260 e. The van der Waals surface area contributed by atoms with Gasteiger partial charge in [-0.2, -0.15) is 4.31 Å². The number of amides is 1. The molecule has 11 heteroatoms. The van der Waals surface area contributed by atoms with Crippen LogP contribution in [0.4, 0.5) is 5.69 Å². The number of benzene rings is 2. The van der Waals surface area contributed by atoms with E-state index in [1.807, 2.05) is 42.2 Å². The molecule has 180 valence electrons. The van der Waals surface area contributed by atoms with E-state index in [1.54, 1.807) is 12.1 Å². The van der Waals surface area contributed by atoms with Gasteiger partial charge in [-0.3, -0.25) is 4.79 Å². The number of hydrogen-bond donors (Lipinski definition) is 1. The van der Waals surface area contributed by atoms with Crippen LogP contribution in [0.25, 0.3) is 11.0 Å². The lowest BCUT2D eigenvalue weighted by Gasteiger charge is -2.34. The Bertz CT molecular complexity index is 1330. The Balaban J connectivity index is 1.50. The van der Waals surface area contributed by atoms with Crippen LogP contribution in [0, 0.1) is 0 Å². The van der Waals surface area contributed by atoms with Crippen molar-refractivity contribution in [2.24, 2.45) is 5.73 Å². The molecule has 1 aromatic heterocycles. The number of fused-ring (bicyclic) bond motifs is 2. The van der Waals surface area contributed by atoms with Gasteiger partial charge in [0, 0.05) is 19.6 Å². The van der Waals surface area contributed by atoms with Crippen molar-refractivity contribution in [1.29, 1.82) is 0 Å². The molecular weight excluding hydrogens is 458 g/mol. The summed E-state index contributed by atoms with van der Waals surface area (Å²) < 4.78 is 40.8. The average molecular weight is 486 g/mol. The molecule has 0 saturated carbocycles. The molecule has 1 amide bonds. The predicted octanol–water partition coefficient (Wildman–Crippen LogP) is 1.33. The lowest BCUT2D eigenvalue weighted by molar-refractivity contribution is -0.124. The van der Waals surface area contributed by atoms with Gasteiger partial charge in [0.05, 0.1) is 47.9 Å². The van der Waals surface area contributed by atoms with E-state index in [0.29, 0.717) is 57.2 Å². The van der Waals surface area contributed by atoms with Crippen molar-refractivity contribution in [3.05, 3.63) is 48.3 Å². The third kappa shape index (κ3) is 3.99. The van der Waals surface area contributed by atoms with Gasteiger partial charge in [0.15, 0.2) is 6.10 Å². The lowest BCUT2D eigenvalue weighted by atomic mass is 10.2. The summed E-state index contributed by atoms with van der Waals surface area (Å²) in [5.74, 6) is 0.829. The topological polar surface area (TPSA) is 120 Å². The van der Waals surface area contributed by atoms with Gasteiger partial charge in [-0.15, -0.1) is 0 Å². The fourth-order valence-corrected chi connectivity index (χ4v) is 5.93. The van der Waals surface area contributed by atoms with E-state index in [0.717, 1.165) is 17.0 Å². The minimum atomic E-state index is -3.62. The van der Waals surface area contributed by atoms with Crippen LogP contribution in [0.1, 0.15) is 12.7 Å². The molecule has 2 N–H and O–H groups in total. The van der Waals surface area contributed by atoms with Gasteiger partial charge >= 0.3 is 0 Å². The molecule has 3 heterocycles. The van der Waals surface area contributed by atoms with Gasteiger partial charge in [-0.25, -0.2) is 13.4 Å². The number of aryl methyl sites for hydroxylation is 1. The summed E-state index contributed by atoms with van der Waals surface area (Å²) in [6, 6.07) is 12.6. The summed E-state index contributed by atoms with van der Waals surface area (Å²) in [7, 11) is -3.62. The molecule has 0 unspecified atom stereocenters. The predicted molar refractivity (Wildman–Crippen MR) is 126 cm³/mol. The van der Waals surface area contributed by atoms with Gasteiger partial charge in [0.2, 0.25) is 10.0 Å². The summed E-state index contributed by atoms with van der Waals surface area (Å²) >= 11 is 0. The zero-order valence-electron chi connectivity index (χ0n) is 18.9. The molecule has 10 nitrogen and oxygen atoms in total. The first-order valence-electron chi connectivity index (χ1n) is 11.3. The van der Waals surface area contributed by atoms with Gasteiger partial charge < -0.3 is 24.7 Å². The van der Waals surface area contributed by atoms with Gasteiger partial charge in [0.1, 0.15) is 11.6 Å². The zero-order chi connectivity index (χ0) is 23.9. The smallest absolute Gasteiger partial charge is 0.260 e. The van der Waals surface area contributed by atoms with E-state index in [-0.39, 0.29) is 4.90 Å². The second-order valence-corrected chi connectivity index (χ2v) is 10.2. The average Bonchev–Trinajstić information content (AvgIpc) is 3.20. The maximum atomic E-state index is 13.1. The van der Waals surface area contributed by atoms with Crippen molar-refractivity contribution >= 4 is 32.7 Å². The molecule has 1 atom stereocenters. The number of nitrogens with two attached hydrogens (primary N) is 1. The number of ether oxygens (including phenoxy) is 2. The van der Waals surface area contributed by atoms with Gasteiger partial charge in [-0.1, -0.05) is 12.1 Å². The van der Waals surface area contributed by atoms with Gasteiger partial charge in [0.25, 0.3) is 5.91 Å². The van der Waals surface area contributed by atoms with Crippen LogP contribution in [0.2, 0.25) is 0 Å². The highest BCUT2D eigenvalue weighted by atomic mass is 32.2. The van der Waals surface area contributed by atoms with Crippen LogP contribution >= 0.6 is 0 Å². The molecule has 0 aliphatic carbocycles. The molecule has 0 radical (unpaired) electrons. The van der Waals surface area contributed by atoms with Crippen molar-refractivity contribution < 1.29 is 22.7 Å². The number of anilines is 1. The third-order valence-corrected chi connectivity index (χ3v) is 8.13. The molecule has 2 aliphatic heterocycles. The Labute approximate surface area is 197 Å². The van der Waals surface area contributed by atoms with E-state index in [1.165, 1.54) is 4.31 Å². The Kier molecular flexibility index (Phi) is 5.92. The number of hydrogen-bond acceptors (Lipinski definition) is 7. The van der Waals surface area contributed by atoms with Crippen LogP contribution in [0.3, 0.4) is 0 Å². The van der Waals surface area contributed by atoms with Crippen molar-refractivity contribution in [3.63, 3.8) is 0 Å². The van der Waals surface area contributed by atoms with E-state index >= 15 is 0 Å². The summed E-state index contributed by atoms with van der Waals surface area (Å²) in [6.45, 7) is 4.86. The molecule has 5 rings (SSSR count). The molecular formula is C23H27N5O5S. The Morgan fingerprint density at radius 2 is 1.94 bits per heavy atom. The highest BCUT2D eigenvalue weighted by Crippen LogP contribution is 2.34. The molecule has 2 aromatic carbocycles. The monoisotopic (exact) mass is 485 g/mol. The molecule has 2 aliphatic rings. The van der Waals surface area contributed by atoms with Crippen LogP contribution in [-0.2, 0) is 32.6 Å². The Morgan fingerprint density at radius 3 is 2.68 bits per heavy atom. The number of aromatic nitrogens is 2. The fourth-order valence-electron chi connectivity index (χ4n) is 4.51. The van der Waals surface area contributed by atoms with Crippen molar-refractivity contribution in [2.45, 2.75) is 31.0 Å². The van der Waals surface area contributed by atoms with E-state index in [4.69, 9.17) is 20.2 Å². The van der Waals surface area contributed by atoms with E-state index in [2.05, 4.69) is 4.57 Å². The van der Waals surface area contributed by atoms with E-state index in [9.17, 15) is 13.2 Å². The lowest BCUT2D eigenvalue weighted by Crippen LogP contribution is -2.47. The van der Waals surface area contributed by atoms with Crippen molar-refractivity contribution in [2.75, 3.05) is 37.7 Å². The number of sulfonamides is 1. The number of morpholine rings is 1. The number of carbonyl (C=O) groups is 1. The molecule has 1 saturated heterocycles. The molecule has 3 aromatic rings. The first kappa shape index (κ1) is 22.6. The number of imidazole rings is 1. The number of primary amides is 1. The quantitative estimate of drug-likeness (QED) is 0.559. The summed E-state index contributed by atoms with van der Waals surface area (Å²) in [4.78, 5) is 18.9. The SMILES string of the molecule is CCn1c(CN2C[C@@H](C(N)=O)Oc3ccccc32)nc2cc(S(=O)(=O)N3CCOCC3)ccc21. The van der Waals surface area contributed by atoms with E-state index < -0.39 is 22.0 Å². The second kappa shape index (κ2) is 8.90. The van der Waals surface area contributed by atoms with Gasteiger partial charge in [-0.05, 0) is 37.3 Å².